The number of phenols is 1. The number of nitrogens with one attached hydrogen (secondary N) is 2. The van der Waals surface area contributed by atoms with Crippen LogP contribution >= 0.6 is 0 Å². The summed E-state index contributed by atoms with van der Waals surface area (Å²) in [6.45, 7) is 4.82. The van der Waals surface area contributed by atoms with Crippen molar-refractivity contribution in [3.05, 3.63) is 29.8 Å². The Morgan fingerprint density at radius 2 is 2.12 bits per heavy atom. The molecular weight excluding hydrogens is 202 g/mol. The summed E-state index contributed by atoms with van der Waals surface area (Å²) < 4.78 is 0. The van der Waals surface area contributed by atoms with Crippen LogP contribution in [-0.2, 0) is 0 Å². The smallest absolute Gasteiger partial charge is 0.151 e. The van der Waals surface area contributed by atoms with E-state index in [2.05, 4.69) is 15.5 Å². The van der Waals surface area contributed by atoms with Gasteiger partial charge in [-0.25, -0.2) is 0 Å². The van der Waals surface area contributed by atoms with E-state index < -0.39 is 0 Å². The number of aromatic amines is 1. The van der Waals surface area contributed by atoms with Crippen molar-refractivity contribution >= 4 is 5.82 Å². The highest BCUT2D eigenvalue weighted by Crippen LogP contribution is 2.31. The largest absolute Gasteiger partial charge is 0.507 e. The summed E-state index contributed by atoms with van der Waals surface area (Å²) in [4.78, 5) is 0. The van der Waals surface area contributed by atoms with Crippen LogP contribution in [-0.4, -0.2) is 21.8 Å². The van der Waals surface area contributed by atoms with Crippen LogP contribution in [0.25, 0.3) is 11.3 Å². The average Bonchev–Trinajstić information content (AvgIpc) is 2.62. The molecule has 1 aromatic carbocycles. The number of phenolic OH excluding ortho intramolecular Hbond substituents is 1. The highest BCUT2D eigenvalue weighted by Gasteiger charge is 2.12. The first-order valence-corrected chi connectivity index (χ1v) is 5.31. The summed E-state index contributed by atoms with van der Waals surface area (Å²) in [5.41, 5.74) is 2.65. The predicted octanol–water partition coefficient (Wildman–Crippen LogP) is 2.52. The lowest BCUT2D eigenvalue weighted by molar-refractivity contribution is 0.477. The van der Waals surface area contributed by atoms with Gasteiger partial charge in [-0.15, -0.1) is 0 Å². The number of nitrogens with zero attached hydrogens (tertiary/aromatic N) is 1. The minimum atomic E-state index is 0.261. The normalized spacial score (nSPS) is 10.4. The van der Waals surface area contributed by atoms with Gasteiger partial charge in [-0.05, 0) is 26.0 Å². The van der Waals surface area contributed by atoms with Crippen LogP contribution in [0.15, 0.2) is 24.3 Å². The molecule has 3 N–H and O–H groups in total. The maximum absolute atomic E-state index is 9.76. The van der Waals surface area contributed by atoms with Crippen LogP contribution in [0.2, 0.25) is 0 Å². The molecule has 0 spiro atoms. The predicted molar refractivity (Wildman–Crippen MR) is 64.6 cm³/mol. The maximum atomic E-state index is 9.76. The Morgan fingerprint density at radius 3 is 2.81 bits per heavy atom. The van der Waals surface area contributed by atoms with E-state index in [0.717, 1.165) is 29.2 Å². The molecule has 4 heteroatoms. The van der Waals surface area contributed by atoms with Gasteiger partial charge in [0.1, 0.15) is 5.75 Å². The first kappa shape index (κ1) is 10.5. The summed E-state index contributed by atoms with van der Waals surface area (Å²) in [5.74, 6) is 1.10. The van der Waals surface area contributed by atoms with Crippen LogP contribution in [0.1, 0.15) is 12.5 Å². The van der Waals surface area contributed by atoms with Crippen molar-refractivity contribution in [2.45, 2.75) is 13.8 Å². The van der Waals surface area contributed by atoms with Crippen molar-refractivity contribution in [2.24, 2.45) is 0 Å². The zero-order valence-corrected chi connectivity index (χ0v) is 9.41. The molecule has 0 saturated carbocycles. The van der Waals surface area contributed by atoms with Gasteiger partial charge in [0.15, 0.2) is 5.82 Å². The lowest BCUT2D eigenvalue weighted by atomic mass is 10.1. The third kappa shape index (κ3) is 1.74. The summed E-state index contributed by atoms with van der Waals surface area (Å²) >= 11 is 0. The van der Waals surface area contributed by atoms with Gasteiger partial charge in [0.05, 0.1) is 5.69 Å². The molecule has 0 atom stereocenters. The number of aromatic hydroxyl groups is 1. The molecule has 0 fully saturated rings. The van der Waals surface area contributed by atoms with E-state index in [0.29, 0.717) is 0 Å². The number of H-pyrrole nitrogens is 1. The summed E-state index contributed by atoms with van der Waals surface area (Å²) in [6.07, 6.45) is 0. The highest BCUT2D eigenvalue weighted by atomic mass is 16.3. The van der Waals surface area contributed by atoms with Crippen LogP contribution in [0.5, 0.6) is 5.75 Å². The number of aromatic nitrogens is 2. The monoisotopic (exact) mass is 217 g/mol. The lowest BCUT2D eigenvalue weighted by Gasteiger charge is -2.03. The molecule has 84 valence electrons. The summed E-state index contributed by atoms with van der Waals surface area (Å²) in [6, 6.07) is 7.23. The van der Waals surface area contributed by atoms with Crippen molar-refractivity contribution < 1.29 is 5.11 Å². The molecule has 1 aromatic heterocycles. The SMILES string of the molecule is CCNc1n[nH]c(-c2ccccc2O)c1C. The van der Waals surface area contributed by atoms with E-state index >= 15 is 0 Å². The standard InChI is InChI=1S/C12H15N3O/c1-3-13-12-8(2)11(14-15-12)9-6-4-5-7-10(9)16/h4-7,16H,3H2,1-2H3,(H2,13,14,15). The number of hydrogen-bond acceptors (Lipinski definition) is 3. The fourth-order valence-corrected chi connectivity index (χ4v) is 1.68. The molecule has 2 aromatic rings. The third-order valence-corrected chi connectivity index (χ3v) is 2.53. The quantitative estimate of drug-likeness (QED) is 0.740. The van der Waals surface area contributed by atoms with Crippen LogP contribution in [0.4, 0.5) is 5.82 Å². The minimum absolute atomic E-state index is 0.261. The number of hydrogen-bond donors (Lipinski definition) is 3. The Morgan fingerprint density at radius 1 is 1.38 bits per heavy atom. The zero-order valence-electron chi connectivity index (χ0n) is 9.41. The molecule has 0 amide bonds. The second-order valence-electron chi connectivity index (χ2n) is 3.62. The molecule has 0 aliphatic carbocycles. The van der Waals surface area contributed by atoms with E-state index in [9.17, 15) is 5.11 Å². The van der Waals surface area contributed by atoms with Gasteiger partial charge >= 0.3 is 0 Å². The van der Waals surface area contributed by atoms with Gasteiger partial charge in [0, 0.05) is 17.7 Å². The number of rotatable bonds is 3. The minimum Gasteiger partial charge on any atom is -0.507 e. The second-order valence-corrected chi connectivity index (χ2v) is 3.62. The number of para-hydroxylation sites is 1. The molecule has 16 heavy (non-hydrogen) atoms. The van der Waals surface area contributed by atoms with E-state index in [1.807, 2.05) is 26.0 Å². The fraction of sp³-hybridized carbons (Fsp3) is 0.250. The van der Waals surface area contributed by atoms with Crippen molar-refractivity contribution in [1.29, 1.82) is 0 Å². The topological polar surface area (TPSA) is 60.9 Å². The first-order valence-electron chi connectivity index (χ1n) is 5.31. The Labute approximate surface area is 94.3 Å². The number of anilines is 1. The molecule has 0 aliphatic rings. The molecule has 1 heterocycles. The molecule has 0 unspecified atom stereocenters. The first-order chi connectivity index (χ1) is 7.74. The lowest BCUT2D eigenvalue weighted by Crippen LogP contribution is -1.97. The Hall–Kier alpha value is -1.97. The van der Waals surface area contributed by atoms with Crippen molar-refractivity contribution in [3.63, 3.8) is 0 Å². The van der Waals surface area contributed by atoms with Crippen molar-refractivity contribution in [1.82, 2.24) is 10.2 Å². The van der Waals surface area contributed by atoms with Gasteiger partial charge < -0.3 is 10.4 Å². The van der Waals surface area contributed by atoms with Crippen LogP contribution in [0, 0.1) is 6.92 Å². The van der Waals surface area contributed by atoms with E-state index in [4.69, 9.17) is 0 Å². The Bertz CT molecular complexity index is 491. The second kappa shape index (κ2) is 4.26. The zero-order chi connectivity index (χ0) is 11.5. The highest BCUT2D eigenvalue weighted by molar-refractivity contribution is 5.73. The summed E-state index contributed by atoms with van der Waals surface area (Å²) in [7, 11) is 0. The Balaban J connectivity index is 2.45. The number of benzene rings is 1. The molecule has 0 bridgehead atoms. The molecule has 4 nitrogen and oxygen atoms in total. The van der Waals surface area contributed by atoms with Crippen molar-refractivity contribution in [3.8, 4) is 17.0 Å². The molecule has 0 radical (unpaired) electrons. The van der Waals surface area contributed by atoms with Gasteiger partial charge in [-0.3, -0.25) is 5.10 Å². The van der Waals surface area contributed by atoms with Crippen LogP contribution in [0.3, 0.4) is 0 Å². The van der Waals surface area contributed by atoms with Gasteiger partial charge in [0.25, 0.3) is 0 Å². The molecular formula is C12H15N3O. The van der Waals surface area contributed by atoms with Gasteiger partial charge in [-0.1, -0.05) is 12.1 Å². The van der Waals surface area contributed by atoms with E-state index in [1.165, 1.54) is 0 Å². The van der Waals surface area contributed by atoms with Gasteiger partial charge in [0.2, 0.25) is 0 Å². The van der Waals surface area contributed by atoms with E-state index in [-0.39, 0.29) is 5.75 Å². The third-order valence-electron chi connectivity index (χ3n) is 2.53. The fourth-order valence-electron chi connectivity index (χ4n) is 1.68. The molecule has 0 saturated heterocycles. The van der Waals surface area contributed by atoms with Gasteiger partial charge in [-0.2, -0.15) is 5.10 Å². The summed E-state index contributed by atoms with van der Waals surface area (Å²) in [5, 5.41) is 20.0. The molecule has 0 aliphatic heterocycles. The average molecular weight is 217 g/mol. The Kier molecular flexibility index (Phi) is 2.81. The maximum Gasteiger partial charge on any atom is 0.151 e. The van der Waals surface area contributed by atoms with Crippen LogP contribution < -0.4 is 5.32 Å². The van der Waals surface area contributed by atoms with E-state index in [1.54, 1.807) is 12.1 Å². The van der Waals surface area contributed by atoms with Crippen molar-refractivity contribution in [2.75, 3.05) is 11.9 Å². The molecule has 2 rings (SSSR count).